The van der Waals surface area contributed by atoms with E-state index in [2.05, 4.69) is 22.2 Å². The molecule has 0 radical (unpaired) electrons. The van der Waals surface area contributed by atoms with E-state index >= 15 is 0 Å². The maximum atomic E-state index is 8.86. The first kappa shape index (κ1) is 14.6. The van der Waals surface area contributed by atoms with Crippen molar-refractivity contribution in [3.05, 3.63) is 12.4 Å². The van der Waals surface area contributed by atoms with Gasteiger partial charge in [-0.25, -0.2) is 9.97 Å². The van der Waals surface area contributed by atoms with E-state index in [1.54, 1.807) is 13.1 Å². The lowest BCUT2D eigenvalue weighted by atomic mass is 10.2. The van der Waals surface area contributed by atoms with Crippen molar-refractivity contribution >= 4 is 11.6 Å². The lowest BCUT2D eigenvalue weighted by molar-refractivity contribution is 0.159. The van der Waals surface area contributed by atoms with E-state index in [0.29, 0.717) is 5.82 Å². The molecule has 0 saturated carbocycles. The van der Waals surface area contributed by atoms with Gasteiger partial charge in [0, 0.05) is 13.1 Å². The van der Waals surface area contributed by atoms with Crippen LogP contribution in [0.5, 0.6) is 0 Å². The van der Waals surface area contributed by atoms with E-state index in [9.17, 15) is 0 Å². The zero-order chi connectivity index (χ0) is 12.4. The molecule has 1 unspecified atom stereocenters. The molecule has 1 aromatic heterocycles. The Kier molecular flexibility index (Phi) is 8.15. The Labute approximate surface area is 97.1 Å². The van der Waals surface area contributed by atoms with Crippen LogP contribution in [0.2, 0.25) is 0 Å². The maximum Gasteiger partial charge on any atom is 0.131 e. The fraction of sp³-hybridized carbons (Fsp3) is 0.636. The molecule has 1 rings (SSSR count). The fourth-order valence-electron chi connectivity index (χ4n) is 1.05. The number of aliphatic hydroxyl groups is 1. The average Bonchev–Trinajstić information content (AvgIpc) is 2.30. The summed E-state index contributed by atoms with van der Waals surface area (Å²) in [5.74, 6) is 1.22. The van der Waals surface area contributed by atoms with Crippen LogP contribution >= 0.6 is 0 Å². The van der Waals surface area contributed by atoms with Gasteiger partial charge in [0.2, 0.25) is 0 Å². The third kappa shape index (κ3) is 7.00. The summed E-state index contributed by atoms with van der Waals surface area (Å²) in [6, 6.07) is 1.67. The Morgan fingerprint density at radius 1 is 1.44 bits per heavy atom. The fourth-order valence-corrected chi connectivity index (χ4v) is 1.05. The molecule has 16 heavy (non-hydrogen) atoms. The summed E-state index contributed by atoms with van der Waals surface area (Å²) in [5.41, 5.74) is 5.34. The Bertz CT molecular complexity index is 280. The van der Waals surface area contributed by atoms with Crippen molar-refractivity contribution in [2.75, 3.05) is 18.1 Å². The lowest BCUT2D eigenvalue weighted by Gasteiger charge is -2.01. The number of anilines is 2. The molecule has 0 fully saturated rings. The van der Waals surface area contributed by atoms with Gasteiger partial charge in [-0.2, -0.15) is 0 Å². The van der Waals surface area contributed by atoms with Gasteiger partial charge in [-0.15, -0.1) is 0 Å². The van der Waals surface area contributed by atoms with Crippen LogP contribution in [0.1, 0.15) is 33.1 Å². The molecule has 0 bridgehead atoms. The van der Waals surface area contributed by atoms with Gasteiger partial charge in [-0.1, -0.05) is 20.3 Å². The largest absolute Gasteiger partial charge is 0.393 e. The molecule has 0 saturated heterocycles. The second-order valence-corrected chi connectivity index (χ2v) is 3.43. The lowest BCUT2D eigenvalue weighted by Crippen LogP contribution is -2.01. The predicted octanol–water partition coefficient (Wildman–Crippen LogP) is 1.66. The minimum atomic E-state index is -0.0509. The number of nitrogens with two attached hydrogens (primary N) is 1. The summed E-state index contributed by atoms with van der Waals surface area (Å²) in [5, 5.41) is 11.7. The number of aromatic nitrogens is 2. The summed E-state index contributed by atoms with van der Waals surface area (Å²) in [6.45, 7) is 4.08. The number of rotatable bonds is 4. The Balaban J connectivity index is 0.000000293. The van der Waals surface area contributed by atoms with Crippen LogP contribution in [0, 0.1) is 0 Å². The summed E-state index contributed by atoms with van der Waals surface area (Å²) < 4.78 is 0. The monoisotopic (exact) mass is 226 g/mol. The van der Waals surface area contributed by atoms with Gasteiger partial charge in [-0.3, -0.25) is 0 Å². The van der Waals surface area contributed by atoms with E-state index < -0.39 is 0 Å². The maximum absolute atomic E-state index is 8.86. The van der Waals surface area contributed by atoms with Gasteiger partial charge < -0.3 is 16.2 Å². The van der Waals surface area contributed by atoms with E-state index in [0.717, 1.165) is 25.1 Å². The van der Waals surface area contributed by atoms with Crippen LogP contribution in [0.15, 0.2) is 12.4 Å². The molecular weight excluding hydrogens is 204 g/mol. The Hall–Kier alpha value is -1.36. The molecule has 4 N–H and O–H groups in total. The third-order valence-electron chi connectivity index (χ3n) is 2.04. The van der Waals surface area contributed by atoms with Crippen LogP contribution in [-0.4, -0.2) is 28.2 Å². The first-order chi connectivity index (χ1) is 7.63. The van der Waals surface area contributed by atoms with Crippen molar-refractivity contribution in [2.24, 2.45) is 0 Å². The van der Waals surface area contributed by atoms with Gasteiger partial charge in [0.05, 0.1) is 6.10 Å². The van der Waals surface area contributed by atoms with E-state index in [4.69, 9.17) is 10.8 Å². The van der Waals surface area contributed by atoms with Crippen molar-refractivity contribution in [1.29, 1.82) is 0 Å². The number of nitrogens with one attached hydrogen (secondary N) is 1. The van der Waals surface area contributed by atoms with Crippen LogP contribution < -0.4 is 11.1 Å². The number of aliphatic hydroxyl groups excluding tert-OH is 1. The third-order valence-corrected chi connectivity index (χ3v) is 2.04. The number of hydrogen-bond acceptors (Lipinski definition) is 5. The van der Waals surface area contributed by atoms with Crippen LogP contribution in [0.25, 0.3) is 0 Å². The predicted molar refractivity (Wildman–Crippen MR) is 67.2 cm³/mol. The minimum absolute atomic E-state index is 0.0509. The van der Waals surface area contributed by atoms with Crippen LogP contribution in [0.4, 0.5) is 11.6 Å². The normalized spacial score (nSPS) is 11.2. The molecule has 0 aliphatic heterocycles. The number of hydrogen-bond donors (Lipinski definition) is 3. The molecule has 92 valence electrons. The minimum Gasteiger partial charge on any atom is -0.393 e. The molecule has 5 heteroatoms. The van der Waals surface area contributed by atoms with Gasteiger partial charge in [0.25, 0.3) is 0 Å². The first-order valence-electron chi connectivity index (χ1n) is 5.57. The van der Waals surface area contributed by atoms with Crippen LogP contribution in [-0.2, 0) is 0 Å². The van der Waals surface area contributed by atoms with Gasteiger partial charge in [-0.05, 0) is 12.8 Å². The molecule has 1 atom stereocenters. The van der Waals surface area contributed by atoms with E-state index in [1.165, 1.54) is 6.33 Å². The molecule has 0 aliphatic carbocycles. The highest BCUT2D eigenvalue weighted by atomic mass is 16.3. The van der Waals surface area contributed by atoms with Crippen molar-refractivity contribution < 1.29 is 5.11 Å². The second kappa shape index (κ2) is 8.91. The standard InChI is InChI=1S/C6H14O.C5H8N4/c1-3-5-6(7)4-2;1-7-5-2-4(6)8-3-9-5/h6-7H,3-5H2,1-2H3;2-3H,1H3,(H3,6,7,8,9). The molecule has 0 amide bonds. The summed E-state index contributed by atoms with van der Waals surface area (Å²) in [7, 11) is 1.78. The van der Waals surface area contributed by atoms with Crippen LogP contribution in [0.3, 0.4) is 0 Å². The number of nitrogen functional groups attached to an aromatic ring is 1. The highest BCUT2D eigenvalue weighted by Crippen LogP contribution is 2.01. The molecule has 1 aromatic rings. The van der Waals surface area contributed by atoms with Crippen molar-refractivity contribution in [2.45, 2.75) is 39.2 Å². The molecule has 5 nitrogen and oxygen atoms in total. The summed E-state index contributed by atoms with van der Waals surface area (Å²) >= 11 is 0. The SMILES string of the molecule is CCCC(O)CC.CNc1cc(N)ncn1. The van der Waals surface area contributed by atoms with Crippen molar-refractivity contribution in [3.8, 4) is 0 Å². The molecule has 0 spiro atoms. The molecule has 1 heterocycles. The topological polar surface area (TPSA) is 84.1 Å². The molecule has 0 aliphatic rings. The molecular formula is C11H22N4O. The quantitative estimate of drug-likeness (QED) is 0.727. The van der Waals surface area contributed by atoms with E-state index in [-0.39, 0.29) is 6.10 Å². The molecule has 0 aromatic carbocycles. The van der Waals surface area contributed by atoms with Crippen molar-refractivity contribution in [3.63, 3.8) is 0 Å². The van der Waals surface area contributed by atoms with Gasteiger partial charge in [0.1, 0.15) is 18.0 Å². The first-order valence-corrected chi connectivity index (χ1v) is 5.57. The van der Waals surface area contributed by atoms with Gasteiger partial charge in [0.15, 0.2) is 0 Å². The Morgan fingerprint density at radius 2 is 2.12 bits per heavy atom. The Morgan fingerprint density at radius 3 is 2.44 bits per heavy atom. The summed E-state index contributed by atoms with van der Waals surface area (Å²) in [4.78, 5) is 7.57. The van der Waals surface area contributed by atoms with Gasteiger partial charge >= 0.3 is 0 Å². The average molecular weight is 226 g/mol. The number of nitrogens with zero attached hydrogens (tertiary/aromatic N) is 2. The zero-order valence-electron chi connectivity index (χ0n) is 10.3. The van der Waals surface area contributed by atoms with E-state index in [1.807, 2.05) is 6.92 Å². The highest BCUT2D eigenvalue weighted by Gasteiger charge is 1.94. The van der Waals surface area contributed by atoms with Crippen molar-refractivity contribution in [1.82, 2.24) is 9.97 Å². The zero-order valence-corrected chi connectivity index (χ0v) is 10.3. The smallest absolute Gasteiger partial charge is 0.131 e. The summed E-state index contributed by atoms with van der Waals surface area (Å²) in [6.07, 6.45) is 4.31. The highest BCUT2D eigenvalue weighted by molar-refractivity contribution is 5.42. The second-order valence-electron chi connectivity index (χ2n) is 3.43.